The molecule has 124 valence electrons. The lowest BCUT2D eigenvalue weighted by Gasteiger charge is -2.19. The summed E-state index contributed by atoms with van der Waals surface area (Å²) >= 11 is 0. The maximum atomic E-state index is 12.7. The number of carbonyl (C=O) groups is 2. The van der Waals surface area contributed by atoms with Crippen molar-refractivity contribution in [3.8, 4) is 0 Å². The number of hydrogen-bond donors (Lipinski definition) is 3. The standard InChI is InChI=1S/C11H19F3N2O4S/c1-7(10(18)19)3-5-21(15,20)6-4-8(9(17)16-2)11(12,13)14/h7-8,15H,3-6H2,1-2H3,(H,16,17)(H,18,19)/t7-,8?,21?/m0/s1. The predicted octanol–water partition coefficient (Wildman–Crippen LogP) is 1.46. The lowest BCUT2D eigenvalue weighted by atomic mass is 10.1. The summed E-state index contributed by atoms with van der Waals surface area (Å²) in [5.41, 5.74) is 0. The summed E-state index contributed by atoms with van der Waals surface area (Å²) in [6.45, 7) is 1.36. The van der Waals surface area contributed by atoms with Gasteiger partial charge in [0, 0.05) is 28.3 Å². The molecule has 10 heteroatoms. The van der Waals surface area contributed by atoms with E-state index in [9.17, 15) is 27.0 Å². The molecule has 0 aromatic heterocycles. The monoisotopic (exact) mass is 332 g/mol. The maximum absolute atomic E-state index is 12.7. The first-order valence-electron chi connectivity index (χ1n) is 6.16. The fraction of sp³-hybridized carbons (Fsp3) is 0.818. The van der Waals surface area contributed by atoms with Crippen molar-refractivity contribution in [3.63, 3.8) is 0 Å². The highest BCUT2D eigenvalue weighted by Crippen LogP contribution is 2.29. The SMILES string of the molecule is CNC(=O)C(CCS(=N)(=O)CC[C@H](C)C(=O)O)C(F)(F)F. The summed E-state index contributed by atoms with van der Waals surface area (Å²) in [7, 11) is -2.29. The van der Waals surface area contributed by atoms with Crippen LogP contribution in [-0.4, -0.2) is 45.9 Å². The van der Waals surface area contributed by atoms with Crippen LogP contribution in [0.4, 0.5) is 13.2 Å². The molecule has 0 aliphatic carbocycles. The van der Waals surface area contributed by atoms with Crippen molar-refractivity contribution in [1.82, 2.24) is 5.32 Å². The molecule has 1 amide bonds. The number of rotatable bonds is 8. The van der Waals surface area contributed by atoms with Crippen molar-refractivity contribution in [2.75, 3.05) is 18.6 Å². The van der Waals surface area contributed by atoms with E-state index in [1.807, 2.05) is 5.32 Å². The number of carboxylic acid groups (broad SMARTS) is 1. The van der Waals surface area contributed by atoms with Gasteiger partial charge < -0.3 is 10.4 Å². The number of amides is 1. The third-order valence-electron chi connectivity index (χ3n) is 3.00. The number of nitrogens with one attached hydrogen (secondary N) is 2. The highest BCUT2D eigenvalue weighted by atomic mass is 32.2. The second-order valence-electron chi connectivity index (χ2n) is 4.75. The Morgan fingerprint density at radius 2 is 1.76 bits per heavy atom. The maximum Gasteiger partial charge on any atom is 0.400 e. The molecule has 0 spiro atoms. The molecule has 0 fully saturated rings. The molecule has 0 heterocycles. The minimum atomic E-state index is -4.77. The van der Waals surface area contributed by atoms with Gasteiger partial charge >= 0.3 is 12.1 Å². The number of aliphatic carboxylic acids is 1. The Bertz CT molecular complexity index is 476. The smallest absolute Gasteiger partial charge is 0.400 e. The molecule has 3 atom stereocenters. The summed E-state index contributed by atoms with van der Waals surface area (Å²) < 4.78 is 57.3. The van der Waals surface area contributed by atoms with E-state index in [0.717, 1.165) is 7.05 Å². The molecule has 0 bridgehead atoms. The zero-order valence-electron chi connectivity index (χ0n) is 11.7. The molecule has 0 rings (SSSR count). The summed E-state index contributed by atoms with van der Waals surface area (Å²) in [4.78, 5) is 21.8. The van der Waals surface area contributed by atoms with Crippen LogP contribution >= 0.6 is 0 Å². The van der Waals surface area contributed by atoms with E-state index in [2.05, 4.69) is 0 Å². The van der Waals surface area contributed by atoms with Gasteiger partial charge in [0.1, 0.15) is 5.92 Å². The predicted molar refractivity (Wildman–Crippen MR) is 70.2 cm³/mol. The molecule has 6 nitrogen and oxygen atoms in total. The van der Waals surface area contributed by atoms with Gasteiger partial charge in [0.2, 0.25) is 5.91 Å². The summed E-state index contributed by atoms with van der Waals surface area (Å²) in [6.07, 6.45) is -5.59. The average molecular weight is 332 g/mol. The van der Waals surface area contributed by atoms with E-state index in [1.165, 1.54) is 6.92 Å². The van der Waals surface area contributed by atoms with Gasteiger partial charge in [-0.1, -0.05) is 6.92 Å². The van der Waals surface area contributed by atoms with E-state index in [4.69, 9.17) is 9.89 Å². The number of halogens is 3. The second-order valence-corrected chi connectivity index (χ2v) is 7.19. The van der Waals surface area contributed by atoms with Gasteiger partial charge in [-0.3, -0.25) is 14.4 Å². The third kappa shape index (κ3) is 7.30. The van der Waals surface area contributed by atoms with E-state index < -0.39 is 51.8 Å². The van der Waals surface area contributed by atoms with Crippen molar-refractivity contribution < 1.29 is 32.1 Å². The van der Waals surface area contributed by atoms with Gasteiger partial charge in [-0.2, -0.15) is 13.2 Å². The highest BCUT2D eigenvalue weighted by Gasteiger charge is 2.44. The summed E-state index contributed by atoms with van der Waals surface area (Å²) in [6, 6.07) is 0. The fourth-order valence-electron chi connectivity index (χ4n) is 1.52. The topological polar surface area (TPSA) is 107 Å². The van der Waals surface area contributed by atoms with Crippen LogP contribution in [0, 0.1) is 16.6 Å². The van der Waals surface area contributed by atoms with Crippen LogP contribution in [0.3, 0.4) is 0 Å². The molecule has 2 unspecified atom stereocenters. The number of carboxylic acids is 1. The average Bonchev–Trinajstić information content (AvgIpc) is 2.33. The zero-order chi connectivity index (χ0) is 16.8. The lowest BCUT2D eigenvalue weighted by Crippen LogP contribution is -2.38. The number of hydrogen-bond acceptors (Lipinski definition) is 4. The van der Waals surface area contributed by atoms with Gasteiger partial charge in [0.15, 0.2) is 0 Å². The van der Waals surface area contributed by atoms with Crippen molar-refractivity contribution in [1.29, 1.82) is 4.78 Å². The fourth-order valence-corrected chi connectivity index (χ4v) is 3.07. The van der Waals surface area contributed by atoms with Crippen molar-refractivity contribution in [2.45, 2.75) is 25.9 Å². The van der Waals surface area contributed by atoms with Gasteiger partial charge in [0.25, 0.3) is 0 Å². The number of alkyl halides is 3. The minimum Gasteiger partial charge on any atom is -0.481 e. The largest absolute Gasteiger partial charge is 0.481 e. The third-order valence-corrected chi connectivity index (χ3v) is 4.79. The molecular weight excluding hydrogens is 313 g/mol. The molecule has 0 aliphatic heterocycles. The molecule has 0 saturated heterocycles. The Labute approximate surface area is 121 Å². The summed E-state index contributed by atoms with van der Waals surface area (Å²) in [5.74, 6) is -6.41. The van der Waals surface area contributed by atoms with E-state index >= 15 is 0 Å². The van der Waals surface area contributed by atoms with Gasteiger partial charge in [-0.05, 0) is 12.8 Å². The van der Waals surface area contributed by atoms with Gasteiger partial charge in [0.05, 0.1) is 5.92 Å². The Hall–Kier alpha value is -1.32. The highest BCUT2D eigenvalue weighted by molar-refractivity contribution is 7.92. The Kier molecular flexibility index (Phi) is 7.14. The van der Waals surface area contributed by atoms with Crippen molar-refractivity contribution in [3.05, 3.63) is 0 Å². The van der Waals surface area contributed by atoms with Crippen LogP contribution in [0.5, 0.6) is 0 Å². The Morgan fingerprint density at radius 1 is 1.29 bits per heavy atom. The molecule has 0 radical (unpaired) electrons. The molecular formula is C11H19F3N2O4S. The van der Waals surface area contributed by atoms with Crippen molar-refractivity contribution in [2.24, 2.45) is 11.8 Å². The van der Waals surface area contributed by atoms with E-state index in [-0.39, 0.29) is 12.2 Å². The van der Waals surface area contributed by atoms with Crippen LogP contribution in [0.25, 0.3) is 0 Å². The van der Waals surface area contributed by atoms with Crippen LogP contribution < -0.4 is 5.32 Å². The molecule has 3 N–H and O–H groups in total. The van der Waals surface area contributed by atoms with E-state index in [0.29, 0.717) is 0 Å². The first-order chi connectivity index (χ1) is 9.40. The minimum absolute atomic E-state index is 0.0612. The lowest BCUT2D eigenvalue weighted by molar-refractivity contribution is -0.182. The number of carbonyl (C=O) groups excluding carboxylic acids is 1. The molecule has 0 aromatic rings. The Morgan fingerprint density at radius 3 is 2.14 bits per heavy atom. The summed E-state index contributed by atoms with van der Waals surface area (Å²) in [5, 5.41) is 10.5. The van der Waals surface area contributed by atoms with Gasteiger partial charge in [-0.25, -0.2) is 4.21 Å². The normalized spacial score (nSPS) is 17.6. The van der Waals surface area contributed by atoms with Gasteiger partial charge in [-0.15, -0.1) is 0 Å². The van der Waals surface area contributed by atoms with Crippen LogP contribution in [0.2, 0.25) is 0 Å². The Balaban J connectivity index is 4.65. The zero-order valence-corrected chi connectivity index (χ0v) is 12.5. The second kappa shape index (κ2) is 7.62. The van der Waals surface area contributed by atoms with Crippen molar-refractivity contribution >= 4 is 21.6 Å². The molecule has 21 heavy (non-hydrogen) atoms. The quantitative estimate of drug-likeness (QED) is 0.625. The van der Waals surface area contributed by atoms with E-state index in [1.54, 1.807) is 0 Å². The van der Waals surface area contributed by atoms with Crippen LogP contribution in [-0.2, 0) is 19.3 Å². The first-order valence-corrected chi connectivity index (χ1v) is 8.05. The van der Waals surface area contributed by atoms with Crippen LogP contribution in [0.15, 0.2) is 0 Å². The molecule has 0 aliphatic rings. The first kappa shape index (κ1) is 19.7. The molecule has 0 aromatic carbocycles. The van der Waals surface area contributed by atoms with Crippen LogP contribution in [0.1, 0.15) is 19.8 Å². The molecule has 0 saturated carbocycles.